The molecule has 0 N–H and O–H groups in total. The van der Waals surface area contributed by atoms with Crippen molar-refractivity contribution in [2.24, 2.45) is 0 Å². The molecule has 0 saturated heterocycles. The van der Waals surface area contributed by atoms with Crippen LogP contribution in [-0.4, -0.2) is 12.7 Å². The molecule has 0 bridgehead atoms. The molecule has 0 fully saturated rings. The maximum absolute atomic E-state index is 5.84. The first-order valence-corrected chi connectivity index (χ1v) is 8.70. The number of unbranched alkanes of at least 4 members (excludes halogenated alkanes) is 2. The number of fused-ring (bicyclic) bond motifs is 1. The van der Waals surface area contributed by atoms with Gasteiger partial charge in [-0.1, -0.05) is 38.0 Å². The van der Waals surface area contributed by atoms with Gasteiger partial charge in [0.15, 0.2) is 0 Å². The molecule has 1 heterocycles. The van der Waals surface area contributed by atoms with Crippen LogP contribution in [0, 0.1) is 0 Å². The topological polar surface area (TPSA) is 9.23 Å². The van der Waals surface area contributed by atoms with Crippen LogP contribution in [0.1, 0.15) is 50.8 Å². The molecular formula is C18H26OS. The van der Waals surface area contributed by atoms with E-state index in [-0.39, 0.29) is 0 Å². The third-order valence-corrected chi connectivity index (χ3v) is 4.84. The molecular weight excluding hydrogens is 264 g/mol. The zero-order valence-corrected chi connectivity index (χ0v) is 13.5. The number of aryl methyl sites for hydroxylation is 1. The van der Waals surface area contributed by atoms with Crippen molar-refractivity contribution in [3.05, 3.63) is 35.2 Å². The predicted octanol–water partition coefficient (Wildman–Crippen LogP) is 5.82. The van der Waals surface area contributed by atoms with Crippen LogP contribution < -0.4 is 0 Å². The first kappa shape index (κ1) is 15.5. The Morgan fingerprint density at radius 1 is 1.15 bits per heavy atom. The lowest BCUT2D eigenvalue weighted by Gasteiger charge is -2.11. The van der Waals surface area contributed by atoms with Crippen molar-refractivity contribution in [2.75, 3.05) is 6.61 Å². The Morgan fingerprint density at radius 3 is 2.80 bits per heavy atom. The summed E-state index contributed by atoms with van der Waals surface area (Å²) in [5, 5.41) is 1.39. The van der Waals surface area contributed by atoms with E-state index in [0.29, 0.717) is 6.10 Å². The molecule has 0 amide bonds. The Balaban J connectivity index is 1.63. The van der Waals surface area contributed by atoms with Gasteiger partial charge < -0.3 is 4.74 Å². The molecule has 0 aliphatic heterocycles. The zero-order valence-electron chi connectivity index (χ0n) is 12.7. The third kappa shape index (κ3) is 4.92. The highest BCUT2D eigenvalue weighted by Crippen LogP contribution is 2.26. The maximum Gasteiger partial charge on any atom is 0.0547 e. The highest BCUT2D eigenvalue weighted by molar-refractivity contribution is 7.19. The SMILES string of the molecule is CCCCC(C)OCCCCc1cc2ccccc2s1. The van der Waals surface area contributed by atoms with Crippen molar-refractivity contribution in [1.82, 2.24) is 0 Å². The predicted molar refractivity (Wildman–Crippen MR) is 89.7 cm³/mol. The number of thiophene rings is 1. The fourth-order valence-corrected chi connectivity index (χ4v) is 3.53. The average molecular weight is 290 g/mol. The molecule has 20 heavy (non-hydrogen) atoms. The minimum atomic E-state index is 0.430. The van der Waals surface area contributed by atoms with Crippen LogP contribution in [-0.2, 0) is 11.2 Å². The molecule has 110 valence electrons. The van der Waals surface area contributed by atoms with Crippen LogP contribution in [0.4, 0.5) is 0 Å². The molecule has 2 aromatic rings. The second kappa shape index (κ2) is 8.43. The number of ether oxygens (including phenoxy) is 1. The van der Waals surface area contributed by atoms with Gasteiger partial charge >= 0.3 is 0 Å². The second-order valence-corrected chi connectivity index (χ2v) is 6.70. The fourth-order valence-electron chi connectivity index (χ4n) is 2.42. The minimum absolute atomic E-state index is 0.430. The van der Waals surface area contributed by atoms with Gasteiger partial charge in [-0.3, -0.25) is 0 Å². The Labute approximate surface area is 127 Å². The molecule has 0 saturated carbocycles. The summed E-state index contributed by atoms with van der Waals surface area (Å²) in [5.41, 5.74) is 0. The van der Waals surface area contributed by atoms with E-state index in [1.165, 1.54) is 53.5 Å². The van der Waals surface area contributed by atoms with Crippen molar-refractivity contribution >= 4 is 21.4 Å². The first-order chi connectivity index (χ1) is 9.79. The summed E-state index contributed by atoms with van der Waals surface area (Å²) in [6, 6.07) is 11.0. The van der Waals surface area contributed by atoms with Gasteiger partial charge in [-0.05, 0) is 50.1 Å². The van der Waals surface area contributed by atoms with Crippen LogP contribution in [0.3, 0.4) is 0 Å². The quantitative estimate of drug-likeness (QED) is 0.529. The summed E-state index contributed by atoms with van der Waals surface area (Å²) in [7, 11) is 0. The van der Waals surface area contributed by atoms with Gasteiger partial charge in [-0.2, -0.15) is 0 Å². The van der Waals surface area contributed by atoms with Crippen LogP contribution in [0.2, 0.25) is 0 Å². The lowest BCUT2D eigenvalue weighted by molar-refractivity contribution is 0.0564. The number of rotatable bonds is 9. The lowest BCUT2D eigenvalue weighted by atomic mass is 10.2. The first-order valence-electron chi connectivity index (χ1n) is 7.88. The van der Waals surface area contributed by atoms with E-state index in [2.05, 4.69) is 44.2 Å². The normalized spacial score (nSPS) is 12.9. The van der Waals surface area contributed by atoms with Crippen LogP contribution in [0.25, 0.3) is 10.1 Å². The summed E-state index contributed by atoms with van der Waals surface area (Å²) >= 11 is 1.93. The summed E-state index contributed by atoms with van der Waals surface area (Å²) in [6.07, 6.45) is 7.76. The van der Waals surface area contributed by atoms with Crippen molar-refractivity contribution in [2.45, 2.75) is 58.5 Å². The molecule has 2 heteroatoms. The Morgan fingerprint density at radius 2 is 2.00 bits per heavy atom. The summed E-state index contributed by atoms with van der Waals surface area (Å²) in [6.45, 7) is 5.34. The molecule has 1 nitrogen and oxygen atoms in total. The van der Waals surface area contributed by atoms with Crippen molar-refractivity contribution in [3.63, 3.8) is 0 Å². The molecule has 0 spiro atoms. The Kier molecular flexibility index (Phi) is 6.55. The van der Waals surface area contributed by atoms with Gasteiger partial charge in [0, 0.05) is 16.2 Å². The second-order valence-electron chi connectivity index (χ2n) is 5.53. The molecule has 0 aliphatic rings. The standard InChI is InChI=1S/C18H26OS/c1-3-4-9-15(2)19-13-8-7-11-17-14-16-10-5-6-12-18(16)20-17/h5-6,10,12,14-15H,3-4,7-9,11,13H2,1-2H3. The monoisotopic (exact) mass is 290 g/mol. The van der Waals surface area contributed by atoms with Gasteiger partial charge in [-0.15, -0.1) is 11.3 Å². The van der Waals surface area contributed by atoms with Gasteiger partial charge in [0.2, 0.25) is 0 Å². The van der Waals surface area contributed by atoms with Crippen molar-refractivity contribution < 1.29 is 4.74 Å². The summed E-state index contributed by atoms with van der Waals surface area (Å²) < 4.78 is 7.25. The summed E-state index contributed by atoms with van der Waals surface area (Å²) in [4.78, 5) is 1.50. The van der Waals surface area contributed by atoms with Crippen LogP contribution in [0.5, 0.6) is 0 Å². The van der Waals surface area contributed by atoms with E-state index in [1.54, 1.807) is 0 Å². The van der Waals surface area contributed by atoms with E-state index >= 15 is 0 Å². The van der Waals surface area contributed by atoms with Crippen molar-refractivity contribution in [3.8, 4) is 0 Å². The Hall–Kier alpha value is -0.860. The van der Waals surface area contributed by atoms with E-state index < -0.39 is 0 Å². The van der Waals surface area contributed by atoms with Crippen LogP contribution >= 0.6 is 11.3 Å². The van der Waals surface area contributed by atoms with Gasteiger partial charge in [0.05, 0.1) is 6.10 Å². The van der Waals surface area contributed by atoms with E-state index in [0.717, 1.165) is 6.61 Å². The maximum atomic E-state index is 5.84. The molecule has 0 radical (unpaired) electrons. The number of benzene rings is 1. The van der Waals surface area contributed by atoms with E-state index in [4.69, 9.17) is 4.74 Å². The molecule has 0 aliphatic carbocycles. The lowest BCUT2D eigenvalue weighted by Crippen LogP contribution is -2.09. The minimum Gasteiger partial charge on any atom is -0.379 e. The smallest absolute Gasteiger partial charge is 0.0547 e. The highest BCUT2D eigenvalue weighted by atomic mass is 32.1. The number of hydrogen-bond donors (Lipinski definition) is 0. The molecule has 1 aromatic heterocycles. The van der Waals surface area contributed by atoms with E-state index in [1.807, 2.05) is 11.3 Å². The fraction of sp³-hybridized carbons (Fsp3) is 0.556. The number of hydrogen-bond acceptors (Lipinski definition) is 2. The molecule has 2 rings (SSSR count). The average Bonchev–Trinajstić information content (AvgIpc) is 2.87. The Bertz CT molecular complexity index is 470. The van der Waals surface area contributed by atoms with Gasteiger partial charge in [0.1, 0.15) is 0 Å². The van der Waals surface area contributed by atoms with Crippen molar-refractivity contribution in [1.29, 1.82) is 0 Å². The zero-order chi connectivity index (χ0) is 14.2. The molecule has 1 atom stereocenters. The molecule has 1 aromatic carbocycles. The highest BCUT2D eigenvalue weighted by Gasteiger charge is 2.03. The van der Waals surface area contributed by atoms with Crippen LogP contribution in [0.15, 0.2) is 30.3 Å². The van der Waals surface area contributed by atoms with Gasteiger partial charge in [0.25, 0.3) is 0 Å². The molecule has 1 unspecified atom stereocenters. The summed E-state index contributed by atoms with van der Waals surface area (Å²) in [5.74, 6) is 0. The van der Waals surface area contributed by atoms with E-state index in [9.17, 15) is 0 Å². The van der Waals surface area contributed by atoms with Gasteiger partial charge in [-0.25, -0.2) is 0 Å². The third-order valence-electron chi connectivity index (χ3n) is 3.66. The largest absolute Gasteiger partial charge is 0.379 e.